The van der Waals surface area contributed by atoms with E-state index in [1.807, 2.05) is 12.3 Å². The molecule has 2 heterocycles. The highest BCUT2D eigenvalue weighted by molar-refractivity contribution is 6.03. The topological polar surface area (TPSA) is 119 Å². The molecular weight excluding hydrogens is 763 g/mol. The Hall–Kier alpha value is -6.13. The van der Waals surface area contributed by atoms with Crippen LogP contribution in [0.1, 0.15) is 40.0 Å². The van der Waals surface area contributed by atoms with Gasteiger partial charge < -0.3 is 0 Å². The first-order valence-corrected chi connectivity index (χ1v) is 16.0. The van der Waals surface area contributed by atoms with E-state index in [4.69, 9.17) is 0 Å². The van der Waals surface area contributed by atoms with E-state index in [0.717, 1.165) is 37.4 Å². The summed E-state index contributed by atoms with van der Waals surface area (Å²) in [5, 5.41) is 2.36. The summed E-state index contributed by atoms with van der Waals surface area (Å²) < 4.78 is 104. The molecule has 0 saturated carbocycles. The lowest BCUT2D eigenvalue weighted by Crippen LogP contribution is -2.34. The molecule has 8 nitrogen and oxygen atoms in total. The molecule has 0 N–H and O–H groups in total. The third-order valence-corrected chi connectivity index (χ3v) is 6.93. The van der Waals surface area contributed by atoms with Gasteiger partial charge >= 0.3 is 18.5 Å². The first-order chi connectivity index (χ1) is 25.9. The molecule has 0 aliphatic heterocycles. The SMILES string of the molecule is CC(=O)CC(=O)C(F)(F)F.CC(=O)CC(=O)C(F)(F)F.CC(=O)CC(=O)C(F)(F)F.c1ccc(-c2ccc3ccc4ncccc4c3[n+]2-c2ccccc2)cc1. The number of aromatic nitrogens is 2. The number of hydrogen-bond acceptors (Lipinski definition) is 7. The fourth-order valence-electron chi connectivity index (χ4n) is 4.56. The van der Waals surface area contributed by atoms with Crippen molar-refractivity contribution in [2.24, 2.45) is 0 Å². The molecule has 0 amide bonds. The van der Waals surface area contributed by atoms with Crippen LogP contribution >= 0.6 is 0 Å². The number of fused-ring (bicyclic) bond motifs is 3. The summed E-state index contributed by atoms with van der Waals surface area (Å²) in [6.07, 6.45) is -15.9. The highest BCUT2D eigenvalue weighted by Gasteiger charge is 2.39. The third kappa shape index (κ3) is 14.6. The molecule has 0 aliphatic rings. The van der Waals surface area contributed by atoms with E-state index < -0.39 is 72.5 Å². The zero-order chi connectivity index (χ0) is 42.4. The Morgan fingerprint density at radius 1 is 0.518 bits per heavy atom. The summed E-state index contributed by atoms with van der Waals surface area (Å²) in [5.74, 6) is -8.29. The van der Waals surface area contributed by atoms with Crippen LogP contribution in [0.5, 0.6) is 0 Å². The number of carbonyl (C=O) groups excluding carboxylic acids is 6. The second kappa shape index (κ2) is 20.0. The third-order valence-electron chi connectivity index (χ3n) is 6.93. The van der Waals surface area contributed by atoms with Crippen LogP contribution in [0.3, 0.4) is 0 Å². The minimum Gasteiger partial charge on any atom is -0.300 e. The van der Waals surface area contributed by atoms with E-state index in [1.165, 1.54) is 22.2 Å². The van der Waals surface area contributed by atoms with Crippen LogP contribution in [0, 0.1) is 0 Å². The second-order valence-corrected chi connectivity index (χ2v) is 11.7. The predicted molar refractivity (Wildman–Crippen MR) is 185 cm³/mol. The Kier molecular flexibility index (Phi) is 16.4. The van der Waals surface area contributed by atoms with Gasteiger partial charge in [0.15, 0.2) is 0 Å². The number of carbonyl (C=O) groups is 6. The Labute approximate surface area is 313 Å². The highest BCUT2D eigenvalue weighted by Crippen LogP contribution is 2.27. The van der Waals surface area contributed by atoms with Crippen molar-refractivity contribution in [1.29, 1.82) is 0 Å². The molecule has 5 aromatic rings. The van der Waals surface area contributed by atoms with E-state index in [2.05, 4.69) is 101 Å². The normalized spacial score (nSPS) is 11.1. The van der Waals surface area contributed by atoms with Gasteiger partial charge in [0.2, 0.25) is 34.2 Å². The number of halogens is 9. The summed E-state index contributed by atoms with van der Waals surface area (Å²) in [6, 6.07) is 33.9. The van der Waals surface area contributed by atoms with Crippen molar-refractivity contribution in [3.8, 4) is 16.9 Å². The Morgan fingerprint density at radius 3 is 1.32 bits per heavy atom. The van der Waals surface area contributed by atoms with Crippen LogP contribution < -0.4 is 4.57 Å². The number of rotatable bonds is 8. The maximum absolute atomic E-state index is 11.3. The fourth-order valence-corrected chi connectivity index (χ4v) is 4.56. The summed E-state index contributed by atoms with van der Waals surface area (Å²) in [7, 11) is 0. The van der Waals surface area contributed by atoms with E-state index >= 15 is 0 Å². The van der Waals surface area contributed by atoms with Gasteiger partial charge in [-0.1, -0.05) is 36.4 Å². The maximum atomic E-state index is 11.3. The standard InChI is InChI=1S/C24H17N2.3C5H5F3O2/c1-3-8-18(9-4-1)23-16-14-19-13-15-22-21(12-7-17-25-22)24(19)26(23)20-10-5-2-6-11-20;3*1-3(9)2-4(10)5(6,7)8/h1-17H;3*2H2,1H3/q+1;;;. The quantitative estimate of drug-likeness (QED) is 0.0668. The van der Waals surface area contributed by atoms with Crippen molar-refractivity contribution in [3.63, 3.8) is 0 Å². The molecule has 0 aliphatic carbocycles. The number of pyridine rings is 2. The average Bonchev–Trinajstić information content (AvgIpc) is 3.10. The van der Waals surface area contributed by atoms with Crippen molar-refractivity contribution >= 4 is 56.5 Å². The number of alkyl halides is 9. The molecule has 56 heavy (non-hydrogen) atoms. The lowest BCUT2D eigenvalue weighted by Gasteiger charge is -2.09. The van der Waals surface area contributed by atoms with Crippen molar-refractivity contribution in [3.05, 3.63) is 103 Å². The van der Waals surface area contributed by atoms with Crippen LogP contribution in [0.2, 0.25) is 0 Å². The zero-order valence-corrected chi connectivity index (χ0v) is 29.7. The number of Topliss-reactive ketones (excluding diaryl/α,β-unsaturated/α-hetero) is 6. The van der Waals surface area contributed by atoms with Crippen molar-refractivity contribution in [2.45, 2.75) is 58.6 Å². The van der Waals surface area contributed by atoms with Gasteiger partial charge in [0, 0.05) is 35.3 Å². The largest absolute Gasteiger partial charge is 0.450 e. The van der Waals surface area contributed by atoms with E-state index in [9.17, 15) is 68.3 Å². The molecule has 17 heteroatoms. The summed E-state index contributed by atoms with van der Waals surface area (Å²) >= 11 is 0. The number of ketones is 6. The van der Waals surface area contributed by atoms with E-state index in [-0.39, 0.29) is 0 Å². The smallest absolute Gasteiger partial charge is 0.300 e. The lowest BCUT2D eigenvalue weighted by molar-refractivity contribution is -0.554. The van der Waals surface area contributed by atoms with Gasteiger partial charge in [-0.05, 0) is 63.2 Å². The van der Waals surface area contributed by atoms with Gasteiger partial charge in [0.05, 0.1) is 30.2 Å². The second-order valence-electron chi connectivity index (χ2n) is 11.7. The van der Waals surface area contributed by atoms with Crippen LogP contribution in [-0.4, -0.2) is 58.2 Å². The monoisotopic (exact) mass is 795 g/mol. The van der Waals surface area contributed by atoms with Crippen LogP contribution in [-0.2, 0) is 28.8 Å². The van der Waals surface area contributed by atoms with Crippen molar-refractivity contribution in [1.82, 2.24) is 4.98 Å². The molecule has 0 saturated heterocycles. The predicted octanol–water partition coefficient (Wildman–Crippen LogP) is 8.62. The van der Waals surface area contributed by atoms with Gasteiger partial charge in [-0.3, -0.25) is 33.8 Å². The first-order valence-electron chi connectivity index (χ1n) is 16.0. The molecular formula is C39H32F9N2O6+. The molecule has 0 unspecified atom stereocenters. The van der Waals surface area contributed by atoms with Gasteiger partial charge in [0.25, 0.3) is 0 Å². The number of hydrogen-bond donors (Lipinski definition) is 0. The maximum Gasteiger partial charge on any atom is 0.450 e. The number of nitrogens with zero attached hydrogens (tertiary/aromatic N) is 2. The molecule has 0 radical (unpaired) electrons. The van der Waals surface area contributed by atoms with Crippen LogP contribution in [0.4, 0.5) is 39.5 Å². The zero-order valence-electron chi connectivity index (χ0n) is 29.7. The molecule has 0 fully saturated rings. The molecule has 0 spiro atoms. The summed E-state index contributed by atoms with van der Waals surface area (Å²) in [6.45, 7) is 2.80. The van der Waals surface area contributed by atoms with E-state index in [1.54, 1.807) is 0 Å². The van der Waals surface area contributed by atoms with Gasteiger partial charge in [0.1, 0.15) is 17.3 Å². The summed E-state index contributed by atoms with van der Waals surface area (Å²) in [4.78, 5) is 64.3. The minimum absolute atomic E-state index is 0.776. The average molecular weight is 796 g/mol. The fraction of sp³-hybridized carbons (Fsp3) is 0.231. The molecule has 5 rings (SSSR count). The Morgan fingerprint density at radius 2 is 0.929 bits per heavy atom. The Balaban J connectivity index is 0.000000302. The number of para-hydroxylation sites is 1. The summed E-state index contributed by atoms with van der Waals surface area (Å²) in [5.41, 5.74) is 5.70. The van der Waals surface area contributed by atoms with Crippen LogP contribution in [0.25, 0.3) is 38.8 Å². The first kappa shape index (κ1) is 46.0. The molecule has 296 valence electrons. The molecule has 2 aromatic heterocycles. The lowest BCUT2D eigenvalue weighted by atomic mass is 10.0. The Bertz CT molecular complexity index is 2090. The minimum atomic E-state index is -4.87. The van der Waals surface area contributed by atoms with Gasteiger partial charge in [-0.15, -0.1) is 0 Å². The number of benzene rings is 3. The molecule has 3 aromatic carbocycles. The van der Waals surface area contributed by atoms with Crippen molar-refractivity contribution in [2.75, 3.05) is 0 Å². The highest BCUT2D eigenvalue weighted by atomic mass is 19.4. The van der Waals surface area contributed by atoms with Gasteiger partial charge in [-0.25, -0.2) is 0 Å². The van der Waals surface area contributed by atoms with Gasteiger partial charge in [-0.2, -0.15) is 44.1 Å². The van der Waals surface area contributed by atoms with E-state index in [0.29, 0.717) is 0 Å². The molecule has 0 bridgehead atoms. The van der Waals surface area contributed by atoms with Crippen molar-refractivity contribution < 1.29 is 72.8 Å². The van der Waals surface area contributed by atoms with Crippen LogP contribution in [0.15, 0.2) is 103 Å². The molecule has 0 atom stereocenters.